The van der Waals surface area contributed by atoms with Crippen LogP contribution in [0.25, 0.3) is 0 Å². The van der Waals surface area contributed by atoms with Crippen molar-refractivity contribution in [2.45, 2.75) is 32.4 Å². The highest BCUT2D eigenvalue weighted by Crippen LogP contribution is 2.09. The Morgan fingerprint density at radius 1 is 1.40 bits per heavy atom. The van der Waals surface area contributed by atoms with E-state index in [0.29, 0.717) is 6.04 Å². The second-order valence-corrected chi connectivity index (χ2v) is 4.21. The first kappa shape index (κ1) is 12.3. The zero-order valence-electron chi connectivity index (χ0n) is 9.17. The van der Waals surface area contributed by atoms with Crippen LogP contribution in [-0.2, 0) is 6.54 Å². The molecule has 1 N–H and O–H groups in total. The number of hydrogen-bond donors (Lipinski definition) is 1. The summed E-state index contributed by atoms with van der Waals surface area (Å²) in [5.41, 5.74) is 1.27. The normalized spacial score (nSPS) is 12.4. The second-order valence-electron chi connectivity index (χ2n) is 3.77. The van der Waals surface area contributed by atoms with Crippen molar-refractivity contribution in [3.8, 4) is 0 Å². The summed E-state index contributed by atoms with van der Waals surface area (Å²) < 4.78 is 0. The summed E-state index contributed by atoms with van der Waals surface area (Å²) in [7, 11) is 0. The molecule has 0 fully saturated rings. The van der Waals surface area contributed by atoms with Gasteiger partial charge in [0.25, 0.3) is 0 Å². The number of rotatable bonds is 6. The van der Waals surface area contributed by atoms with Crippen molar-refractivity contribution < 1.29 is 0 Å². The maximum absolute atomic E-state index is 5.81. The highest BCUT2D eigenvalue weighted by atomic mass is 35.5. The summed E-state index contributed by atoms with van der Waals surface area (Å²) in [6, 6.07) is 8.48. The molecule has 0 bridgehead atoms. The van der Waals surface area contributed by atoms with E-state index >= 15 is 0 Å². The predicted octanol–water partition coefficient (Wildman–Crippen LogP) is 3.78. The van der Waals surface area contributed by atoms with Gasteiger partial charge in [0.1, 0.15) is 0 Å². The Labute approximate surface area is 97.1 Å². The quantitative estimate of drug-likeness (QED) is 0.724. The van der Waals surface area contributed by atoms with Crippen LogP contribution in [0.5, 0.6) is 0 Å². The van der Waals surface area contributed by atoms with Crippen LogP contribution >= 0.6 is 11.6 Å². The maximum Gasteiger partial charge on any atom is 0.0406 e. The Hall–Kier alpha value is -0.790. The zero-order valence-corrected chi connectivity index (χ0v) is 9.93. The highest BCUT2D eigenvalue weighted by molar-refractivity contribution is 6.30. The van der Waals surface area contributed by atoms with E-state index in [-0.39, 0.29) is 0 Å². The second kappa shape index (κ2) is 6.65. The van der Waals surface area contributed by atoms with Crippen molar-refractivity contribution >= 4 is 11.6 Å². The summed E-state index contributed by atoms with van der Waals surface area (Å²) >= 11 is 5.81. The molecule has 0 radical (unpaired) electrons. The van der Waals surface area contributed by atoms with Gasteiger partial charge in [0.05, 0.1) is 0 Å². The Bertz CT molecular complexity index is 292. The standard InChI is InChI=1S/C13H18ClN/c1-3-4-5-11(2)15-10-12-6-8-13(14)9-7-12/h3,6-9,11,15H,1,4-5,10H2,2H3. The molecule has 0 aliphatic heterocycles. The van der Waals surface area contributed by atoms with Crippen LogP contribution in [0, 0.1) is 0 Å². The van der Waals surface area contributed by atoms with Crippen molar-refractivity contribution in [2.75, 3.05) is 0 Å². The van der Waals surface area contributed by atoms with Crippen LogP contribution in [0.15, 0.2) is 36.9 Å². The Morgan fingerprint density at radius 2 is 2.07 bits per heavy atom. The van der Waals surface area contributed by atoms with Crippen LogP contribution in [0.3, 0.4) is 0 Å². The lowest BCUT2D eigenvalue weighted by molar-refractivity contribution is 0.518. The molecule has 0 aromatic heterocycles. The first-order valence-electron chi connectivity index (χ1n) is 5.31. The van der Waals surface area contributed by atoms with Gasteiger partial charge in [0.2, 0.25) is 0 Å². The molecule has 0 heterocycles. The lowest BCUT2D eigenvalue weighted by Gasteiger charge is -2.12. The van der Waals surface area contributed by atoms with E-state index in [0.717, 1.165) is 24.4 Å². The average Bonchev–Trinajstić information content (AvgIpc) is 2.25. The first-order chi connectivity index (χ1) is 7.22. The van der Waals surface area contributed by atoms with Crippen molar-refractivity contribution in [3.05, 3.63) is 47.5 Å². The molecule has 82 valence electrons. The molecule has 1 aromatic carbocycles. The number of allylic oxidation sites excluding steroid dienone is 1. The molecule has 1 nitrogen and oxygen atoms in total. The monoisotopic (exact) mass is 223 g/mol. The minimum Gasteiger partial charge on any atom is -0.310 e. The smallest absolute Gasteiger partial charge is 0.0406 e. The SMILES string of the molecule is C=CCCC(C)NCc1ccc(Cl)cc1. The largest absolute Gasteiger partial charge is 0.310 e. The minimum atomic E-state index is 0.527. The van der Waals surface area contributed by atoms with Gasteiger partial charge in [-0.2, -0.15) is 0 Å². The zero-order chi connectivity index (χ0) is 11.1. The predicted molar refractivity (Wildman–Crippen MR) is 67.2 cm³/mol. The van der Waals surface area contributed by atoms with Gasteiger partial charge in [-0.25, -0.2) is 0 Å². The van der Waals surface area contributed by atoms with Crippen molar-refractivity contribution in [1.29, 1.82) is 0 Å². The molecule has 0 amide bonds. The van der Waals surface area contributed by atoms with E-state index in [9.17, 15) is 0 Å². The fraction of sp³-hybridized carbons (Fsp3) is 0.385. The van der Waals surface area contributed by atoms with E-state index in [1.807, 2.05) is 18.2 Å². The fourth-order valence-corrected chi connectivity index (χ4v) is 1.49. The molecule has 1 aromatic rings. The molecular weight excluding hydrogens is 206 g/mol. The van der Waals surface area contributed by atoms with Crippen molar-refractivity contribution in [3.63, 3.8) is 0 Å². The van der Waals surface area contributed by atoms with Crippen LogP contribution in [0.4, 0.5) is 0 Å². The molecule has 0 aliphatic rings. The van der Waals surface area contributed by atoms with Gasteiger partial charge in [0, 0.05) is 17.6 Å². The van der Waals surface area contributed by atoms with Gasteiger partial charge in [-0.15, -0.1) is 6.58 Å². The summed E-state index contributed by atoms with van der Waals surface area (Å²) in [6.07, 6.45) is 4.16. The van der Waals surface area contributed by atoms with E-state index < -0.39 is 0 Å². The van der Waals surface area contributed by atoms with Crippen molar-refractivity contribution in [1.82, 2.24) is 5.32 Å². The Balaban J connectivity index is 2.30. The first-order valence-corrected chi connectivity index (χ1v) is 5.69. The van der Waals surface area contributed by atoms with Gasteiger partial charge in [-0.3, -0.25) is 0 Å². The molecule has 0 spiro atoms. The Morgan fingerprint density at radius 3 is 2.67 bits per heavy atom. The molecule has 2 heteroatoms. The third-order valence-corrected chi connectivity index (χ3v) is 2.62. The van der Waals surface area contributed by atoms with Gasteiger partial charge in [0.15, 0.2) is 0 Å². The van der Waals surface area contributed by atoms with E-state index in [1.54, 1.807) is 0 Å². The van der Waals surface area contributed by atoms with Crippen LogP contribution in [0.2, 0.25) is 5.02 Å². The lowest BCUT2D eigenvalue weighted by atomic mass is 10.1. The number of halogens is 1. The van der Waals surface area contributed by atoms with Crippen LogP contribution in [-0.4, -0.2) is 6.04 Å². The average molecular weight is 224 g/mol. The fourth-order valence-electron chi connectivity index (χ4n) is 1.36. The van der Waals surface area contributed by atoms with Gasteiger partial charge >= 0.3 is 0 Å². The van der Waals surface area contributed by atoms with E-state index in [2.05, 4.69) is 31.0 Å². The summed E-state index contributed by atoms with van der Waals surface area (Å²) in [6.45, 7) is 6.81. The number of benzene rings is 1. The van der Waals surface area contributed by atoms with E-state index in [1.165, 1.54) is 5.56 Å². The maximum atomic E-state index is 5.81. The van der Waals surface area contributed by atoms with Crippen molar-refractivity contribution in [2.24, 2.45) is 0 Å². The molecular formula is C13H18ClN. The molecule has 0 aliphatic carbocycles. The molecule has 1 atom stereocenters. The van der Waals surface area contributed by atoms with Crippen LogP contribution < -0.4 is 5.32 Å². The molecule has 0 saturated carbocycles. The third kappa shape index (κ3) is 5.01. The molecule has 1 unspecified atom stereocenters. The summed E-state index contributed by atoms with van der Waals surface area (Å²) in [5, 5.41) is 4.25. The minimum absolute atomic E-state index is 0.527. The van der Waals surface area contributed by atoms with Gasteiger partial charge < -0.3 is 5.32 Å². The molecule has 1 rings (SSSR count). The number of hydrogen-bond acceptors (Lipinski definition) is 1. The summed E-state index contributed by atoms with van der Waals surface area (Å²) in [4.78, 5) is 0. The van der Waals surface area contributed by atoms with Crippen LogP contribution in [0.1, 0.15) is 25.3 Å². The summed E-state index contributed by atoms with van der Waals surface area (Å²) in [5.74, 6) is 0. The molecule has 15 heavy (non-hydrogen) atoms. The van der Waals surface area contributed by atoms with Gasteiger partial charge in [-0.1, -0.05) is 29.8 Å². The molecule has 0 saturated heterocycles. The number of nitrogens with one attached hydrogen (secondary N) is 1. The Kier molecular flexibility index (Phi) is 5.44. The van der Waals surface area contributed by atoms with Gasteiger partial charge in [-0.05, 0) is 37.5 Å². The third-order valence-electron chi connectivity index (χ3n) is 2.37. The van der Waals surface area contributed by atoms with E-state index in [4.69, 9.17) is 11.6 Å². The highest BCUT2D eigenvalue weighted by Gasteiger charge is 1.99. The topological polar surface area (TPSA) is 12.0 Å². The lowest BCUT2D eigenvalue weighted by Crippen LogP contribution is -2.25.